The summed E-state index contributed by atoms with van der Waals surface area (Å²) in [6.45, 7) is 3.85. The molecule has 1 aliphatic rings. The second kappa shape index (κ2) is 10.9. The number of amides is 1. The lowest BCUT2D eigenvalue weighted by Crippen LogP contribution is -2.27. The predicted octanol–water partition coefficient (Wildman–Crippen LogP) is 4.82. The number of hydrogen-bond acceptors (Lipinski definition) is 7. The highest BCUT2D eigenvalue weighted by molar-refractivity contribution is 5.99. The number of hydrogen-bond donors (Lipinski definition) is 1. The molecular formula is C24H30N2O7. The average molecular weight is 459 g/mol. The van der Waals surface area contributed by atoms with E-state index in [1.54, 1.807) is 21.0 Å². The van der Waals surface area contributed by atoms with Gasteiger partial charge in [0.25, 0.3) is 11.6 Å². The molecule has 0 saturated heterocycles. The summed E-state index contributed by atoms with van der Waals surface area (Å²) < 4.78 is 22.2. The van der Waals surface area contributed by atoms with Gasteiger partial charge in [-0.15, -0.1) is 0 Å². The van der Waals surface area contributed by atoms with Crippen LogP contribution in [-0.4, -0.2) is 37.8 Å². The maximum absolute atomic E-state index is 13.0. The summed E-state index contributed by atoms with van der Waals surface area (Å²) in [6, 6.07) is 7.58. The van der Waals surface area contributed by atoms with E-state index in [0.717, 1.165) is 31.2 Å². The predicted molar refractivity (Wildman–Crippen MR) is 123 cm³/mol. The minimum absolute atomic E-state index is 0.111. The number of nitrogens with one attached hydrogen (secondary N) is 1. The van der Waals surface area contributed by atoms with Crippen LogP contribution in [0.4, 0.5) is 5.69 Å². The van der Waals surface area contributed by atoms with Crippen LogP contribution in [0, 0.1) is 10.1 Å². The number of methoxy groups -OCH3 is 2. The van der Waals surface area contributed by atoms with Gasteiger partial charge in [0, 0.05) is 6.07 Å². The lowest BCUT2D eigenvalue weighted by atomic mass is 10.1. The number of rotatable bonds is 10. The van der Waals surface area contributed by atoms with Crippen molar-refractivity contribution in [1.29, 1.82) is 0 Å². The SMILES string of the molecule is CCOc1cc([N+](=O)[O-])c(C(=O)NC(C)c2ccc(OC3CCCC3)c(OC)c2)cc1OC. The van der Waals surface area contributed by atoms with Crippen LogP contribution in [0.5, 0.6) is 23.0 Å². The molecule has 1 saturated carbocycles. The van der Waals surface area contributed by atoms with Crippen molar-refractivity contribution in [2.75, 3.05) is 20.8 Å². The standard InChI is InChI=1S/C24H30N2O7/c1-5-32-23-14-19(26(28)29)18(13-22(23)31-4)24(27)25-15(2)16-10-11-20(21(12-16)30-3)33-17-8-6-7-9-17/h10-15,17H,5-9H2,1-4H3,(H,25,27). The van der Waals surface area contributed by atoms with Crippen molar-refractivity contribution in [2.24, 2.45) is 0 Å². The number of nitro groups is 1. The van der Waals surface area contributed by atoms with E-state index in [2.05, 4.69) is 5.32 Å². The Hall–Kier alpha value is -3.49. The van der Waals surface area contributed by atoms with Crippen LogP contribution in [0.15, 0.2) is 30.3 Å². The van der Waals surface area contributed by atoms with Crippen molar-refractivity contribution in [3.63, 3.8) is 0 Å². The number of carbonyl (C=O) groups excluding carboxylic acids is 1. The van der Waals surface area contributed by atoms with E-state index in [1.807, 2.05) is 18.2 Å². The van der Waals surface area contributed by atoms with Gasteiger partial charge in [-0.1, -0.05) is 6.07 Å². The highest BCUT2D eigenvalue weighted by Crippen LogP contribution is 2.36. The first kappa shape index (κ1) is 24.2. The Morgan fingerprint density at radius 3 is 2.36 bits per heavy atom. The molecule has 1 atom stereocenters. The van der Waals surface area contributed by atoms with Crippen LogP contribution in [-0.2, 0) is 0 Å². The molecule has 0 spiro atoms. The molecule has 0 radical (unpaired) electrons. The molecule has 1 N–H and O–H groups in total. The van der Waals surface area contributed by atoms with Gasteiger partial charge >= 0.3 is 0 Å². The van der Waals surface area contributed by atoms with Crippen LogP contribution < -0.4 is 24.3 Å². The van der Waals surface area contributed by atoms with Crippen LogP contribution >= 0.6 is 0 Å². The van der Waals surface area contributed by atoms with E-state index < -0.39 is 16.9 Å². The Balaban J connectivity index is 1.81. The first-order valence-corrected chi connectivity index (χ1v) is 11.0. The zero-order valence-corrected chi connectivity index (χ0v) is 19.4. The van der Waals surface area contributed by atoms with Crippen LogP contribution in [0.3, 0.4) is 0 Å². The van der Waals surface area contributed by atoms with Gasteiger partial charge in [-0.25, -0.2) is 0 Å². The van der Waals surface area contributed by atoms with Crippen LogP contribution in [0.1, 0.15) is 61.5 Å². The number of nitro benzene ring substituents is 1. The Morgan fingerprint density at radius 2 is 1.76 bits per heavy atom. The lowest BCUT2D eigenvalue weighted by Gasteiger charge is -2.19. The largest absolute Gasteiger partial charge is 0.493 e. The van der Waals surface area contributed by atoms with Crippen molar-refractivity contribution in [1.82, 2.24) is 5.32 Å². The molecule has 178 valence electrons. The third-order valence-electron chi connectivity index (χ3n) is 5.65. The van der Waals surface area contributed by atoms with Gasteiger partial charge in [0.05, 0.1) is 44.0 Å². The van der Waals surface area contributed by atoms with E-state index in [9.17, 15) is 14.9 Å². The normalized spacial score (nSPS) is 14.4. The summed E-state index contributed by atoms with van der Waals surface area (Å²) in [5, 5.41) is 14.4. The molecule has 9 heteroatoms. The topological polar surface area (TPSA) is 109 Å². The van der Waals surface area contributed by atoms with Crippen molar-refractivity contribution in [2.45, 2.75) is 51.7 Å². The smallest absolute Gasteiger partial charge is 0.286 e. The molecule has 1 unspecified atom stereocenters. The summed E-state index contributed by atoms with van der Waals surface area (Å²) in [6.07, 6.45) is 4.58. The molecule has 2 aromatic rings. The van der Waals surface area contributed by atoms with E-state index in [0.29, 0.717) is 18.1 Å². The van der Waals surface area contributed by atoms with Gasteiger partial charge in [0.1, 0.15) is 5.56 Å². The Kier molecular flexibility index (Phi) is 7.97. The number of benzene rings is 2. The fraction of sp³-hybridized carbons (Fsp3) is 0.458. The first-order chi connectivity index (χ1) is 15.9. The fourth-order valence-corrected chi connectivity index (χ4v) is 3.90. The lowest BCUT2D eigenvalue weighted by molar-refractivity contribution is -0.385. The van der Waals surface area contributed by atoms with Crippen LogP contribution in [0.25, 0.3) is 0 Å². The highest BCUT2D eigenvalue weighted by atomic mass is 16.6. The highest BCUT2D eigenvalue weighted by Gasteiger charge is 2.26. The summed E-state index contributed by atoms with van der Waals surface area (Å²) in [4.78, 5) is 24.0. The molecule has 0 aromatic heterocycles. The quantitative estimate of drug-likeness (QED) is 0.401. The number of nitrogens with zero attached hydrogens (tertiary/aromatic N) is 1. The number of ether oxygens (including phenoxy) is 4. The first-order valence-electron chi connectivity index (χ1n) is 11.0. The Morgan fingerprint density at radius 1 is 1.09 bits per heavy atom. The minimum atomic E-state index is -0.611. The molecule has 0 heterocycles. The van der Waals surface area contributed by atoms with E-state index in [-0.39, 0.29) is 28.9 Å². The maximum Gasteiger partial charge on any atom is 0.286 e. The van der Waals surface area contributed by atoms with E-state index in [4.69, 9.17) is 18.9 Å². The molecule has 2 aromatic carbocycles. The van der Waals surface area contributed by atoms with Crippen molar-refractivity contribution in [3.8, 4) is 23.0 Å². The molecule has 9 nitrogen and oxygen atoms in total. The zero-order valence-electron chi connectivity index (χ0n) is 19.4. The van der Waals surface area contributed by atoms with Crippen molar-refractivity contribution >= 4 is 11.6 Å². The maximum atomic E-state index is 13.0. The van der Waals surface area contributed by atoms with Gasteiger partial charge in [-0.2, -0.15) is 0 Å². The molecule has 3 rings (SSSR count). The second-order valence-corrected chi connectivity index (χ2v) is 7.84. The molecule has 33 heavy (non-hydrogen) atoms. The minimum Gasteiger partial charge on any atom is -0.493 e. The van der Waals surface area contributed by atoms with Crippen molar-refractivity contribution in [3.05, 3.63) is 51.6 Å². The van der Waals surface area contributed by atoms with Gasteiger partial charge in [0.2, 0.25) is 0 Å². The molecule has 0 bridgehead atoms. The van der Waals surface area contributed by atoms with Gasteiger partial charge < -0.3 is 24.3 Å². The Labute approximate surface area is 193 Å². The number of carbonyl (C=O) groups is 1. The molecule has 1 aliphatic carbocycles. The van der Waals surface area contributed by atoms with Gasteiger partial charge in [0.15, 0.2) is 23.0 Å². The third kappa shape index (κ3) is 5.66. The summed E-state index contributed by atoms with van der Waals surface area (Å²) in [5.41, 5.74) is 0.307. The summed E-state index contributed by atoms with van der Waals surface area (Å²) in [5.74, 6) is 1.10. The molecule has 1 amide bonds. The fourth-order valence-electron chi connectivity index (χ4n) is 3.90. The zero-order chi connectivity index (χ0) is 24.0. The van der Waals surface area contributed by atoms with Crippen LogP contribution in [0.2, 0.25) is 0 Å². The van der Waals surface area contributed by atoms with Gasteiger partial charge in [-0.05, 0) is 57.2 Å². The Bertz CT molecular complexity index is 1000. The van der Waals surface area contributed by atoms with E-state index >= 15 is 0 Å². The molecule has 0 aliphatic heterocycles. The molecule has 1 fully saturated rings. The summed E-state index contributed by atoms with van der Waals surface area (Å²) >= 11 is 0. The second-order valence-electron chi connectivity index (χ2n) is 7.84. The van der Waals surface area contributed by atoms with E-state index in [1.165, 1.54) is 19.2 Å². The van der Waals surface area contributed by atoms with Crippen molar-refractivity contribution < 1.29 is 28.7 Å². The summed E-state index contributed by atoms with van der Waals surface area (Å²) in [7, 11) is 2.98. The molecular weight excluding hydrogens is 428 g/mol. The average Bonchev–Trinajstić information content (AvgIpc) is 3.32. The van der Waals surface area contributed by atoms with Gasteiger partial charge in [-0.3, -0.25) is 14.9 Å². The monoisotopic (exact) mass is 458 g/mol. The third-order valence-corrected chi connectivity index (χ3v) is 5.65.